The Bertz CT molecular complexity index is 591. The fourth-order valence-corrected chi connectivity index (χ4v) is 4.54. The van der Waals surface area contributed by atoms with Gasteiger partial charge in [-0.05, 0) is 43.6 Å². The van der Waals surface area contributed by atoms with E-state index >= 15 is 0 Å². The normalized spacial score (nSPS) is 30.5. The summed E-state index contributed by atoms with van der Waals surface area (Å²) in [5, 5.41) is 0. The van der Waals surface area contributed by atoms with Crippen LogP contribution in [0.15, 0.2) is 30.3 Å². The molecule has 3 rings (SSSR count). The molecule has 1 aliphatic heterocycles. The highest BCUT2D eigenvalue weighted by molar-refractivity contribution is 5.19. The van der Waals surface area contributed by atoms with Crippen LogP contribution in [0.5, 0.6) is 0 Å². The molecule has 0 aromatic heterocycles. The summed E-state index contributed by atoms with van der Waals surface area (Å²) in [6, 6.07) is 10.1. The molecule has 0 radical (unpaired) electrons. The summed E-state index contributed by atoms with van der Waals surface area (Å²) in [6.07, 6.45) is -1.37. The molecule has 1 aromatic carbocycles. The van der Waals surface area contributed by atoms with Crippen LogP contribution in [0.3, 0.4) is 0 Å². The van der Waals surface area contributed by atoms with E-state index in [-0.39, 0.29) is 18.2 Å². The largest absolute Gasteiger partial charge is 0.392 e. The number of nitrogens with zero attached hydrogens (tertiary/aromatic N) is 1. The van der Waals surface area contributed by atoms with Crippen LogP contribution in [0.4, 0.5) is 13.2 Å². The Morgan fingerprint density at radius 2 is 1.79 bits per heavy atom. The lowest BCUT2D eigenvalue weighted by Gasteiger charge is -2.35. The van der Waals surface area contributed by atoms with Gasteiger partial charge in [-0.2, -0.15) is 13.2 Å². The maximum absolute atomic E-state index is 12.9. The average molecular weight is 400 g/mol. The maximum Gasteiger partial charge on any atom is 0.392 e. The molecule has 7 heteroatoms. The molecule has 1 saturated carbocycles. The van der Waals surface area contributed by atoms with E-state index in [1.54, 1.807) is 4.90 Å². The van der Waals surface area contributed by atoms with Crippen LogP contribution in [0.25, 0.3) is 0 Å². The van der Waals surface area contributed by atoms with Crippen molar-refractivity contribution in [3.63, 3.8) is 0 Å². The van der Waals surface area contributed by atoms with E-state index in [1.807, 2.05) is 6.07 Å². The number of hydrogen-bond acceptors (Lipinski definition) is 4. The number of ether oxygens (including phenoxy) is 2. The number of hydrogen-bond donors (Lipinski definition) is 1. The lowest BCUT2D eigenvalue weighted by atomic mass is 9.83. The highest BCUT2D eigenvalue weighted by Crippen LogP contribution is 2.35. The van der Waals surface area contributed by atoms with Gasteiger partial charge in [0.05, 0.1) is 25.2 Å². The van der Waals surface area contributed by atoms with Gasteiger partial charge in [0.1, 0.15) is 6.23 Å². The molecule has 0 amide bonds. The molecular weight excluding hydrogens is 369 g/mol. The zero-order chi connectivity index (χ0) is 20.1. The summed E-state index contributed by atoms with van der Waals surface area (Å²) < 4.78 is 49.8. The fraction of sp³-hybridized carbons (Fsp3) is 0.714. The molecule has 1 aliphatic carbocycles. The second-order valence-electron chi connectivity index (χ2n) is 7.99. The Kier molecular flexibility index (Phi) is 7.36. The predicted molar refractivity (Wildman–Crippen MR) is 102 cm³/mol. The third-order valence-electron chi connectivity index (χ3n) is 6.14. The molecule has 1 heterocycles. The molecule has 3 unspecified atom stereocenters. The molecule has 2 N–H and O–H groups in total. The van der Waals surface area contributed by atoms with Crippen molar-refractivity contribution in [2.24, 2.45) is 5.73 Å². The second kappa shape index (κ2) is 9.57. The van der Waals surface area contributed by atoms with Gasteiger partial charge >= 0.3 is 6.18 Å². The van der Waals surface area contributed by atoms with E-state index < -0.39 is 18.8 Å². The van der Waals surface area contributed by atoms with Crippen LogP contribution >= 0.6 is 0 Å². The van der Waals surface area contributed by atoms with E-state index in [4.69, 9.17) is 15.2 Å². The number of benzene rings is 1. The first-order valence-electron chi connectivity index (χ1n) is 10.1. The zero-order valence-electron chi connectivity index (χ0n) is 16.4. The minimum atomic E-state index is -4.27. The molecule has 158 valence electrons. The minimum absolute atomic E-state index is 0.151. The molecular formula is C21H31F3N2O2. The Balaban J connectivity index is 1.50. The van der Waals surface area contributed by atoms with Crippen molar-refractivity contribution in [3.05, 3.63) is 35.9 Å². The number of nitrogens with two attached hydrogens (primary N) is 1. The highest BCUT2D eigenvalue weighted by Gasteiger charge is 2.42. The highest BCUT2D eigenvalue weighted by atomic mass is 19.4. The van der Waals surface area contributed by atoms with Crippen molar-refractivity contribution in [1.29, 1.82) is 0 Å². The summed E-state index contributed by atoms with van der Waals surface area (Å²) in [5.74, 6) is 0.566. The lowest BCUT2D eigenvalue weighted by Crippen LogP contribution is -2.50. The van der Waals surface area contributed by atoms with Crippen molar-refractivity contribution in [1.82, 2.24) is 4.90 Å². The summed E-state index contributed by atoms with van der Waals surface area (Å²) in [6.45, 7) is 0.865. The van der Waals surface area contributed by atoms with Gasteiger partial charge in [-0.1, -0.05) is 30.3 Å². The fourth-order valence-electron chi connectivity index (χ4n) is 4.54. The van der Waals surface area contributed by atoms with E-state index in [1.165, 1.54) is 12.7 Å². The van der Waals surface area contributed by atoms with Crippen LogP contribution in [0, 0.1) is 0 Å². The Morgan fingerprint density at radius 3 is 2.39 bits per heavy atom. The summed E-state index contributed by atoms with van der Waals surface area (Å²) in [5.41, 5.74) is 7.56. The number of likely N-dealkylation sites (tertiary alicyclic amines) is 1. The Labute approximate surface area is 165 Å². The number of halogens is 3. The van der Waals surface area contributed by atoms with Crippen molar-refractivity contribution in [3.8, 4) is 0 Å². The van der Waals surface area contributed by atoms with Crippen molar-refractivity contribution in [2.45, 2.75) is 75.0 Å². The molecule has 3 atom stereocenters. The molecule has 2 aliphatic rings. The van der Waals surface area contributed by atoms with Gasteiger partial charge in [-0.25, -0.2) is 0 Å². The third-order valence-corrected chi connectivity index (χ3v) is 6.14. The average Bonchev–Trinajstić information content (AvgIpc) is 3.05. The van der Waals surface area contributed by atoms with Crippen LogP contribution in [0.2, 0.25) is 0 Å². The first kappa shape index (κ1) is 21.6. The molecule has 1 saturated heterocycles. The molecule has 1 aromatic rings. The smallest absolute Gasteiger partial charge is 0.377 e. The lowest BCUT2D eigenvalue weighted by molar-refractivity contribution is -0.185. The second-order valence-corrected chi connectivity index (χ2v) is 7.99. The maximum atomic E-state index is 12.9. The van der Waals surface area contributed by atoms with Gasteiger partial charge < -0.3 is 15.2 Å². The van der Waals surface area contributed by atoms with Gasteiger partial charge in [0.2, 0.25) is 0 Å². The van der Waals surface area contributed by atoms with Gasteiger partial charge in [0.15, 0.2) is 0 Å². The van der Waals surface area contributed by atoms with Crippen molar-refractivity contribution >= 4 is 0 Å². The molecule has 0 bridgehead atoms. The monoisotopic (exact) mass is 400 g/mol. The van der Waals surface area contributed by atoms with E-state index in [9.17, 15) is 13.2 Å². The van der Waals surface area contributed by atoms with E-state index in [0.29, 0.717) is 25.5 Å². The Hall–Kier alpha value is -1.15. The van der Waals surface area contributed by atoms with Crippen LogP contribution in [-0.2, 0) is 9.47 Å². The summed E-state index contributed by atoms with van der Waals surface area (Å²) >= 11 is 0. The number of rotatable bonds is 7. The first-order valence-corrected chi connectivity index (χ1v) is 10.1. The molecule has 0 spiro atoms. The zero-order valence-corrected chi connectivity index (χ0v) is 16.4. The summed E-state index contributed by atoms with van der Waals surface area (Å²) in [7, 11) is 1.32. The van der Waals surface area contributed by atoms with Crippen molar-refractivity contribution < 1.29 is 22.6 Å². The van der Waals surface area contributed by atoms with Gasteiger partial charge in [-0.3, -0.25) is 4.90 Å². The SMILES string of the molecule is COC(CC(F)(F)F)N1CCC(N)C1COC1CCC(c2ccccc2)CC1. The summed E-state index contributed by atoms with van der Waals surface area (Å²) in [4.78, 5) is 1.73. The Morgan fingerprint density at radius 1 is 1.11 bits per heavy atom. The van der Waals surface area contributed by atoms with Crippen LogP contribution in [0.1, 0.15) is 50.0 Å². The van der Waals surface area contributed by atoms with Crippen LogP contribution in [-0.4, -0.2) is 55.8 Å². The van der Waals surface area contributed by atoms with E-state index in [0.717, 1.165) is 25.7 Å². The van der Waals surface area contributed by atoms with E-state index in [2.05, 4.69) is 24.3 Å². The molecule has 2 fully saturated rings. The minimum Gasteiger partial charge on any atom is -0.377 e. The van der Waals surface area contributed by atoms with Gasteiger partial charge in [0, 0.05) is 19.7 Å². The standard InChI is InChI=1S/C21H31F3N2O2/c1-27-20(13-21(22,23)24)26-12-11-18(25)19(26)14-28-17-9-7-16(8-10-17)15-5-3-2-4-6-15/h2-6,16-20H,7-14,25H2,1H3. The number of alkyl halides is 3. The quantitative estimate of drug-likeness (QED) is 0.750. The third kappa shape index (κ3) is 5.69. The van der Waals surface area contributed by atoms with Crippen LogP contribution < -0.4 is 5.73 Å². The molecule has 28 heavy (non-hydrogen) atoms. The van der Waals surface area contributed by atoms with Gasteiger partial charge in [0.25, 0.3) is 0 Å². The van der Waals surface area contributed by atoms with Gasteiger partial charge in [-0.15, -0.1) is 0 Å². The van der Waals surface area contributed by atoms with Crippen molar-refractivity contribution in [2.75, 3.05) is 20.3 Å². The predicted octanol–water partition coefficient (Wildman–Crippen LogP) is 4.06. The molecule has 4 nitrogen and oxygen atoms in total. The topological polar surface area (TPSA) is 47.7 Å². The first-order chi connectivity index (χ1) is 13.4. The number of methoxy groups -OCH3 is 1.